The molecule has 5 heterocycles. The van der Waals surface area contributed by atoms with E-state index in [1.54, 1.807) is 19.2 Å². The Kier molecular flexibility index (Phi) is 13.0. The van der Waals surface area contributed by atoms with E-state index in [-0.39, 0.29) is 53.1 Å². The van der Waals surface area contributed by atoms with E-state index in [4.69, 9.17) is 18.9 Å². The first kappa shape index (κ1) is 47.2. The molecule has 10 atom stereocenters. The van der Waals surface area contributed by atoms with E-state index in [1.807, 2.05) is 12.3 Å². The summed E-state index contributed by atoms with van der Waals surface area (Å²) in [6, 6.07) is 10.7. The number of phenolic OH excluding ortho intramolecular Hbond substituents is 2. The molecule has 2 fully saturated rings. The highest BCUT2D eigenvalue weighted by atomic mass is 17.2. The van der Waals surface area contributed by atoms with Crippen LogP contribution in [0.5, 0.6) is 17.2 Å². The van der Waals surface area contributed by atoms with Gasteiger partial charge in [-0.2, -0.15) is 0 Å². The largest absolute Gasteiger partial charge is 0.508 e. The Bertz CT molecular complexity index is 2820. The number of hydrogen-bond donors (Lipinski definition) is 10. The fourth-order valence-electron chi connectivity index (χ4n) is 11.6. The molecule has 69 heavy (non-hydrogen) atoms. The number of aliphatic hydroxyl groups excluding tert-OH is 4. The number of carbonyl (C=O) groups excluding carboxylic acids is 1. The molecule has 1 saturated carbocycles. The summed E-state index contributed by atoms with van der Waals surface area (Å²) in [5.74, 6) is 0.151. The number of amides is 1. The molecule has 1 spiro atoms. The minimum Gasteiger partial charge on any atom is -0.508 e. The molecule has 4 aliphatic heterocycles. The number of aryl methyl sites for hydroxylation is 1. The second-order valence-corrected chi connectivity index (χ2v) is 20.0. The van der Waals surface area contributed by atoms with Crippen LogP contribution >= 0.6 is 0 Å². The lowest BCUT2D eigenvalue weighted by Crippen LogP contribution is -3.01. The number of quaternary nitrogens is 1. The van der Waals surface area contributed by atoms with Gasteiger partial charge >= 0.3 is 0 Å². The topological polar surface area (TPSA) is 257 Å². The molecule has 1 amide bonds. The number of aromatic hydroxyl groups is 2. The maximum atomic E-state index is 13.9. The molecule has 366 valence electrons. The van der Waals surface area contributed by atoms with Crippen molar-refractivity contribution in [2.24, 2.45) is 22.7 Å². The normalized spacial score (nSPS) is 27.7. The number of aliphatic imine (C=N–C) groups is 1. The quantitative estimate of drug-likeness (QED) is 0.0467. The predicted molar refractivity (Wildman–Crippen MR) is 253 cm³/mol. The number of benzene rings is 3. The molecule has 3 aromatic carbocycles. The van der Waals surface area contributed by atoms with Gasteiger partial charge in [0.05, 0.1) is 12.0 Å². The lowest BCUT2D eigenvalue weighted by Gasteiger charge is -2.51. The van der Waals surface area contributed by atoms with Crippen molar-refractivity contribution in [3.8, 4) is 17.2 Å². The summed E-state index contributed by atoms with van der Waals surface area (Å²) < 4.78 is 14.1. The first-order valence-corrected chi connectivity index (χ1v) is 24.1. The van der Waals surface area contributed by atoms with Crippen LogP contribution in [0.15, 0.2) is 92.4 Å². The van der Waals surface area contributed by atoms with E-state index in [1.165, 1.54) is 42.8 Å². The molecule has 17 nitrogen and oxygen atoms in total. The van der Waals surface area contributed by atoms with E-state index in [2.05, 4.69) is 27.8 Å². The molecule has 2 aliphatic carbocycles. The predicted octanol–water partition coefficient (Wildman–Crippen LogP) is 2.34. The zero-order valence-corrected chi connectivity index (χ0v) is 38.5. The van der Waals surface area contributed by atoms with Gasteiger partial charge in [0.2, 0.25) is 17.2 Å². The van der Waals surface area contributed by atoms with E-state index in [9.17, 15) is 45.3 Å². The molecule has 0 bridgehead atoms. The molecule has 10 N–H and O–H groups in total. The van der Waals surface area contributed by atoms with Crippen molar-refractivity contribution in [1.29, 1.82) is 0 Å². The number of allylic oxidation sites excluding steroid dienone is 2. The van der Waals surface area contributed by atoms with Crippen LogP contribution in [-0.4, -0.2) is 122 Å². The summed E-state index contributed by atoms with van der Waals surface area (Å²) >= 11 is 0. The lowest BCUT2D eigenvalue weighted by molar-refractivity contribution is -0.763. The van der Waals surface area contributed by atoms with Crippen molar-refractivity contribution >= 4 is 39.6 Å². The molecular formula is C52H61N4O13+. The standard InChI is InChI=1S/C52H60N4O13/c1-28-15-42(60)39-16-32-17-44(69-66-27-51(65,50(64)47(63)43(61)26-57)20-30-8-12-41(59)37-11-10-36(58)19-38(30)37)52(68-48(32)46(49(39)67-28)56-24-31-13-14-53-40(31)25-56)21-29(33-18-45(62)55-22-33)7-9-34(52)23-54-35-5-3-2-4-6-35/h7-16,19,25,29,33-35,43-44,47,50,54,57-59,61,63-65H,2-6,17-18,20-24,26-27H2,1H3,(H,55,62)/p+1. The molecule has 10 rings (SSSR count). The number of ether oxygens (including phenoxy) is 1. The number of hydrogen-bond acceptors (Lipinski definition) is 15. The molecule has 6 aliphatic rings. The molecule has 1 aromatic heterocycles. The summed E-state index contributed by atoms with van der Waals surface area (Å²) in [6.07, 6.45) is 8.97. The second kappa shape index (κ2) is 19.0. The van der Waals surface area contributed by atoms with Crippen LogP contribution in [0, 0.1) is 24.7 Å². The van der Waals surface area contributed by atoms with Crippen molar-refractivity contribution in [2.45, 2.75) is 106 Å². The second-order valence-electron chi connectivity index (χ2n) is 20.0. The van der Waals surface area contributed by atoms with Gasteiger partial charge in [-0.1, -0.05) is 37.5 Å². The Hall–Kier alpha value is -5.47. The third kappa shape index (κ3) is 9.00. The Morgan fingerprint density at radius 2 is 1.84 bits per heavy atom. The smallest absolute Gasteiger partial charge is 0.222 e. The summed E-state index contributed by atoms with van der Waals surface area (Å²) in [4.78, 5) is 44.8. The van der Waals surface area contributed by atoms with Crippen molar-refractivity contribution in [3.05, 3.63) is 105 Å². The van der Waals surface area contributed by atoms with Crippen molar-refractivity contribution in [3.63, 3.8) is 0 Å². The zero-order valence-electron chi connectivity index (χ0n) is 38.5. The average molecular weight is 950 g/mol. The number of rotatable bonds is 15. The first-order valence-electron chi connectivity index (χ1n) is 24.1. The van der Waals surface area contributed by atoms with Gasteiger partial charge in [0.15, 0.2) is 11.2 Å². The highest BCUT2D eigenvalue weighted by Crippen LogP contribution is 2.51. The number of aliphatic hydroxyl groups is 5. The molecule has 0 radical (unpaired) electrons. The highest BCUT2D eigenvalue weighted by molar-refractivity contribution is 5.92. The SMILES string of the molecule is Cc1cc(=O)c2cc3c(c([NH+]4C=C5N=CC=C5C4)c2o1)OC1(CC(C2CNC(=O)C2)C=CC1CNC1CCCCC1)C(OOCC(O)(Cc1ccc(O)c2ccc(O)cc12)C(O)C(O)C(O)CO)C3. The van der Waals surface area contributed by atoms with E-state index >= 15 is 0 Å². The lowest BCUT2D eigenvalue weighted by atomic mass is 9.66. The van der Waals surface area contributed by atoms with Crippen molar-refractivity contribution in [2.75, 3.05) is 32.8 Å². The summed E-state index contributed by atoms with van der Waals surface area (Å²) in [5.41, 5.74) is -0.0163. The van der Waals surface area contributed by atoms with Crippen molar-refractivity contribution < 1.29 is 64.4 Å². The Morgan fingerprint density at radius 3 is 2.61 bits per heavy atom. The number of fused-ring (bicyclic) bond motifs is 4. The Labute approximate surface area is 398 Å². The number of nitrogens with zero attached hydrogens (tertiary/aromatic N) is 1. The van der Waals surface area contributed by atoms with Gasteiger partial charge in [0.25, 0.3) is 0 Å². The van der Waals surface area contributed by atoms with Gasteiger partial charge in [0.1, 0.15) is 77.9 Å². The maximum Gasteiger partial charge on any atom is 0.222 e. The minimum absolute atomic E-state index is 0.0371. The molecular weight excluding hydrogens is 889 g/mol. The van der Waals surface area contributed by atoms with Crippen LogP contribution in [0.1, 0.15) is 61.8 Å². The van der Waals surface area contributed by atoms with E-state index in [0.29, 0.717) is 82.5 Å². The van der Waals surface area contributed by atoms with Gasteiger partial charge in [-0.3, -0.25) is 19.5 Å². The number of carbonyl (C=O) groups is 1. The third-order valence-corrected chi connectivity index (χ3v) is 15.4. The molecule has 17 heteroatoms. The van der Waals surface area contributed by atoms with Crippen LogP contribution in [0.3, 0.4) is 0 Å². The maximum absolute atomic E-state index is 13.9. The van der Waals surface area contributed by atoms with Gasteiger partial charge in [-0.05, 0) is 85.4 Å². The Morgan fingerprint density at radius 1 is 1.01 bits per heavy atom. The summed E-state index contributed by atoms with van der Waals surface area (Å²) in [5, 5.41) is 84.6. The van der Waals surface area contributed by atoms with Gasteiger partial charge in [-0.15, -0.1) is 0 Å². The van der Waals surface area contributed by atoms with Crippen LogP contribution in [0.25, 0.3) is 21.7 Å². The third-order valence-electron chi connectivity index (χ3n) is 15.4. The summed E-state index contributed by atoms with van der Waals surface area (Å²) in [7, 11) is 0. The minimum atomic E-state index is -2.43. The first-order chi connectivity index (χ1) is 33.2. The molecule has 1 saturated heterocycles. The van der Waals surface area contributed by atoms with Crippen LogP contribution in [0.4, 0.5) is 5.69 Å². The average Bonchev–Trinajstić information content (AvgIpc) is 4.09. The fourth-order valence-corrected chi connectivity index (χ4v) is 11.6. The Balaban J connectivity index is 1.07. The summed E-state index contributed by atoms with van der Waals surface area (Å²) in [6.45, 7) is 1.53. The van der Waals surface area contributed by atoms with Gasteiger partial charge in [-0.25, -0.2) is 9.78 Å². The number of phenols is 2. The van der Waals surface area contributed by atoms with Crippen molar-refractivity contribution in [1.82, 2.24) is 10.6 Å². The van der Waals surface area contributed by atoms with E-state index < -0.39 is 55.3 Å². The van der Waals surface area contributed by atoms with Crippen LogP contribution in [0.2, 0.25) is 0 Å². The fraction of sp³-hybridized carbons (Fsp3) is 0.481. The number of nitrogens with one attached hydrogen (secondary N) is 3. The monoisotopic (exact) mass is 949 g/mol. The van der Waals surface area contributed by atoms with Crippen LogP contribution in [-0.2, 0) is 27.4 Å². The van der Waals surface area contributed by atoms with Gasteiger partial charge < -0.3 is 55.5 Å². The molecule has 10 unspecified atom stereocenters. The van der Waals surface area contributed by atoms with Crippen LogP contribution < -0.4 is 25.7 Å². The zero-order chi connectivity index (χ0) is 48.2. The molecule has 4 aromatic rings. The highest BCUT2D eigenvalue weighted by Gasteiger charge is 2.57. The van der Waals surface area contributed by atoms with E-state index in [0.717, 1.165) is 41.9 Å². The van der Waals surface area contributed by atoms with Gasteiger partial charge in [0, 0.05) is 73.1 Å².